The Kier molecular flexibility index (Phi) is 14.1. The molecule has 0 spiro atoms. The molecule has 9 N–H and O–H groups in total. The summed E-state index contributed by atoms with van der Waals surface area (Å²) >= 11 is 0. The fourth-order valence-electron chi connectivity index (χ4n) is 3.71. The molecule has 0 saturated carbocycles. The number of carbonyl (C=O) groups is 2. The number of phenols is 1. The van der Waals surface area contributed by atoms with E-state index in [2.05, 4.69) is 30.7 Å². The topological polar surface area (TPSA) is 225 Å². The Balaban J connectivity index is 0.000000544. The summed E-state index contributed by atoms with van der Waals surface area (Å²) in [6, 6.07) is 13.9. The van der Waals surface area contributed by atoms with Gasteiger partial charge in [0, 0.05) is 17.6 Å². The van der Waals surface area contributed by atoms with E-state index in [1.54, 1.807) is 18.2 Å². The second-order valence-electron chi connectivity index (χ2n) is 8.09. The third-order valence-corrected chi connectivity index (χ3v) is 5.31. The molecular weight excluding hydrogens is 494 g/mol. The lowest BCUT2D eigenvalue weighted by atomic mass is 9.74. The Morgan fingerprint density at radius 3 is 2.03 bits per heavy atom. The van der Waals surface area contributed by atoms with E-state index in [4.69, 9.17) is 38.3 Å². The monoisotopic (exact) mass is 529 g/mol. The van der Waals surface area contributed by atoms with Crippen LogP contribution in [0.25, 0.3) is 0 Å². The lowest BCUT2D eigenvalue weighted by Gasteiger charge is -2.35. The van der Waals surface area contributed by atoms with Crippen molar-refractivity contribution in [1.29, 1.82) is 0 Å². The van der Waals surface area contributed by atoms with Crippen molar-refractivity contribution in [2.75, 3.05) is 25.9 Å². The number of nitrogens with two attached hydrogens (primary N) is 2. The van der Waals surface area contributed by atoms with Gasteiger partial charge in [-0.25, -0.2) is 9.59 Å². The first-order valence-corrected chi connectivity index (χ1v) is 12.2. The highest BCUT2D eigenvalue weighted by atomic mass is 32.3. The van der Waals surface area contributed by atoms with Crippen LogP contribution in [0.3, 0.4) is 0 Å². The second kappa shape index (κ2) is 15.6. The number of nitrogens with zero attached hydrogens (tertiary/aromatic N) is 1. The molecule has 36 heavy (non-hydrogen) atoms. The third-order valence-electron chi connectivity index (χ3n) is 5.31. The van der Waals surface area contributed by atoms with E-state index in [-0.39, 0.29) is 11.0 Å². The summed E-state index contributed by atoms with van der Waals surface area (Å²) in [7, 11) is -2.46. The fraction of sp³-hybridized carbons (Fsp3) is 0.391. The highest BCUT2D eigenvalue weighted by Gasteiger charge is 2.33. The largest absolute Gasteiger partial charge is 0.508 e. The lowest BCUT2D eigenvalue weighted by Crippen LogP contribution is -2.37. The number of nitrogen functional groups attached to an aromatic ring is 1. The maximum Gasteiger partial charge on any atom is 0.402 e. The van der Waals surface area contributed by atoms with Crippen molar-refractivity contribution in [3.05, 3.63) is 59.7 Å². The first-order chi connectivity index (χ1) is 16.6. The Labute approximate surface area is 210 Å². The van der Waals surface area contributed by atoms with Gasteiger partial charge in [-0.15, -0.1) is 0 Å². The molecule has 3 rings (SSSR count). The Bertz CT molecular complexity index is 1050. The fourth-order valence-corrected chi connectivity index (χ4v) is 3.71. The number of aromatic carboxylic acids is 1. The number of amides is 1. The molecule has 1 unspecified atom stereocenters. The normalized spacial score (nSPS) is 17.4. The van der Waals surface area contributed by atoms with Crippen molar-refractivity contribution in [2.24, 2.45) is 5.73 Å². The molecule has 1 heterocycles. The molecular formula is C23H35N3O9S. The van der Waals surface area contributed by atoms with Crippen molar-refractivity contribution in [2.45, 2.75) is 38.0 Å². The van der Waals surface area contributed by atoms with Crippen LogP contribution in [0.2, 0.25) is 0 Å². The average Bonchev–Trinajstić information content (AvgIpc) is 2.95. The summed E-state index contributed by atoms with van der Waals surface area (Å²) in [5.74, 6) is -0.540. The summed E-state index contributed by atoms with van der Waals surface area (Å²) < 4.78 is 31.6. The molecule has 1 fully saturated rings. The average molecular weight is 530 g/mol. The first-order valence-electron chi connectivity index (χ1n) is 10.8. The van der Waals surface area contributed by atoms with Crippen molar-refractivity contribution in [3.8, 4) is 5.75 Å². The molecule has 1 aliphatic rings. The number of carboxylic acid groups (broad SMARTS) is 2. The number of phenolic OH excluding ortho intramolecular Hbond substituents is 1. The van der Waals surface area contributed by atoms with Gasteiger partial charge in [0.1, 0.15) is 5.75 Å². The molecule has 0 aromatic heterocycles. The number of likely N-dealkylation sites (N-methyl/N-ethyl adjacent to an activating group) is 1. The van der Waals surface area contributed by atoms with Crippen LogP contribution in [0, 0.1) is 0 Å². The summed E-state index contributed by atoms with van der Waals surface area (Å²) in [5, 5.41) is 25.3. The Morgan fingerprint density at radius 1 is 1.06 bits per heavy atom. The molecule has 1 atom stereocenters. The summed E-state index contributed by atoms with van der Waals surface area (Å²) in [4.78, 5) is 21.5. The minimum Gasteiger partial charge on any atom is -0.508 e. The zero-order chi connectivity index (χ0) is 27.9. The van der Waals surface area contributed by atoms with Gasteiger partial charge in [-0.2, -0.15) is 8.42 Å². The molecule has 0 aliphatic carbocycles. The highest BCUT2D eigenvalue weighted by molar-refractivity contribution is 7.79. The van der Waals surface area contributed by atoms with Gasteiger partial charge in [-0.3, -0.25) is 9.11 Å². The zero-order valence-electron chi connectivity index (χ0n) is 20.2. The molecule has 2 aromatic rings. The summed E-state index contributed by atoms with van der Waals surface area (Å²) in [5.41, 5.74) is 11.7. The first kappa shape index (κ1) is 32.6. The number of rotatable bonds is 3. The zero-order valence-corrected chi connectivity index (χ0v) is 21.1. The van der Waals surface area contributed by atoms with Crippen molar-refractivity contribution >= 4 is 28.1 Å². The van der Waals surface area contributed by atoms with Crippen molar-refractivity contribution in [1.82, 2.24) is 4.90 Å². The quantitative estimate of drug-likeness (QED) is 0.226. The molecule has 13 heteroatoms. The van der Waals surface area contributed by atoms with Gasteiger partial charge in [0.05, 0.1) is 5.56 Å². The number of hydrogen-bond donors (Lipinski definition) is 7. The SMILES string of the molecule is CCC1(c2cccc(O)c2)CCCCN(C)C1.NC(=O)O.Nc1ccc(C(=O)O)cc1.O=S(=O)(O)O. The van der Waals surface area contributed by atoms with Crippen molar-refractivity contribution in [3.63, 3.8) is 0 Å². The van der Waals surface area contributed by atoms with Gasteiger partial charge in [-0.1, -0.05) is 25.5 Å². The van der Waals surface area contributed by atoms with Crippen LogP contribution in [0.4, 0.5) is 10.5 Å². The van der Waals surface area contributed by atoms with E-state index >= 15 is 0 Å². The number of benzene rings is 2. The molecule has 2 aromatic carbocycles. The van der Waals surface area contributed by atoms with Crippen LogP contribution in [0.5, 0.6) is 5.75 Å². The lowest BCUT2D eigenvalue weighted by molar-refractivity contribution is 0.0696. The minimum absolute atomic E-state index is 0.226. The van der Waals surface area contributed by atoms with Crippen LogP contribution in [0.1, 0.15) is 48.5 Å². The smallest absolute Gasteiger partial charge is 0.402 e. The Hall–Kier alpha value is -3.39. The summed E-state index contributed by atoms with van der Waals surface area (Å²) in [6.07, 6.45) is 3.61. The third kappa shape index (κ3) is 14.8. The molecule has 202 valence electrons. The maximum atomic E-state index is 10.3. The molecule has 12 nitrogen and oxygen atoms in total. The predicted molar refractivity (Wildman–Crippen MR) is 136 cm³/mol. The van der Waals surface area contributed by atoms with E-state index in [9.17, 15) is 9.90 Å². The van der Waals surface area contributed by atoms with Crippen LogP contribution in [-0.4, -0.2) is 69.9 Å². The molecule has 1 amide bonds. The standard InChI is InChI=1S/C15H23NO.C7H7NO2.CH3NO2.H2O4S/c1-3-15(9-4-5-10-16(2)12-15)13-7-6-8-14(17)11-13;8-6-3-1-5(2-4-6)7(9)10;2-1(3)4;1-5(2,3)4/h6-8,11,17H,3-5,9-10,12H2,1-2H3;1-4H,8H2,(H,9,10);2H2,(H,3,4);(H2,1,2,3,4). The number of likely N-dealkylation sites (tertiary alicyclic amines) is 1. The minimum atomic E-state index is -4.67. The van der Waals surface area contributed by atoms with Gasteiger partial charge in [0.25, 0.3) is 0 Å². The van der Waals surface area contributed by atoms with Gasteiger partial charge in [0.2, 0.25) is 0 Å². The number of primary amides is 1. The van der Waals surface area contributed by atoms with E-state index in [0.29, 0.717) is 11.4 Å². The van der Waals surface area contributed by atoms with Crippen molar-refractivity contribution < 1.29 is 42.4 Å². The number of hydrogen-bond acceptors (Lipinski definition) is 7. The highest BCUT2D eigenvalue weighted by Crippen LogP contribution is 2.37. The van der Waals surface area contributed by atoms with Gasteiger partial charge < -0.3 is 31.7 Å². The molecule has 1 saturated heterocycles. The van der Waals surface area contributed by atoms with Gasteiger partial charge >= 0.3 is 22.5 Å². The van der Waals surface area contributed by atoms with E-state index in [1.807, 2.05) is 12.1 Å². The van der Waals surface area contributed by atoms with Crippen LogP contribution in [0.15, 0.2) is 48.5 Å². The van der Waals surface area contributed by atoms with Gasteiger partial charge in [0.15, 0.2) is 0 Å². The van der Waals surface area contributed by atoms with E-state index < -0.39 is 22.5 Å². The van der Waals surface area contributed by atoms with E-state index in [1.165, 1.54) is 43.5 Å². The number of aromatic hydroxyl groups is 1. The number of anilines is 1. The van der Waals surface area contributed by atoms with E-state index in [0.717, 1.165) is 13.0 Å². The maximum absolute atomic E-state index is 10.3. The van der Waals surface area contributed by atoms with Crippen LogP contribution in [-0.2, 0) is 15.8 Å². The molecule has 1 aliphatic heterocycles. The summed E-state index contributed by atoms with van der Waals surface area (Å²) in [6.45, 7) is 4.57. The second-order valence-corrected chi connectivity index (χ2v) is 8.99. The predicted octanol–water partition coefficient (Wildman–Crippen LogP) is 3.09. The van der Waals surface area contributed by atoms with Gasteiger partial charge in [-0.05, 0) is 74.8 Å². The van der Waals surface area contributed by atoms with Crippen LogP contribution >= 0.6 is 0 Å². The number of carboxylic acids is 1. The molecule has 0 radical (unpaired) electrons. The molecule has 0 bridgehead atoms. The van der Waals surface area contributed by atoms with Crippen LogP contribution < -0.4 is 11.5 Å². The Morgan fingerprint density at radius 2 is 1.58 bits per heavy atom.